The van der Waals surface area contributed by atoms with Crippen molar-refractivity contribution < 1.29 is 0 Å². The molecule has 0 saturated heterocycles. The van der Waals surface area contributed by atoms with Gasteiger partial charge in [0.2, 0.25) is 0 Å². The van der Waals surface area contributed by atoms with Crippen LogP contribution in [0, 0.1) is 6.92 Å². The second-order valence-electron chi connectivity index (χ2n) is 4.74. The van der Waals surface area contributed by atoms with E-state index in [1.165, 1.54) is 98.2 Å². The van der Waals surface area contributed by atoms with Crippen LogP contribution in [0.4, 0.5) is 0 Å². The predicted octanol–water partition coefficient (Wildman–Crippen LogP) is 4.64. The molecular formula is C18H46N3. The van der Waals surface area contributed by atoms with Gasteiger partial charge < -0.3 is 17.2 Å². The Labute approximate surface area is 136 Å². The Morgan fingerprint density at radius 1 is 0.476 bits per heavy atom. The summed E-state index contributed by atoms with van der Waals surface area (Å²) in [5.41, 5.74) is 13.5. The summed E-state index contributed by atoms with van der Waals surface area (Å²) in [4.78, 5) is 0. The van der Waals surface area contributed by atoms with Crippen LogP contribution in [0.3, 0.4) is 0 Å². The van der Waals surface area contributed by atoms with Gasteiger partial charge in [-0.2, -0.15) is 0 Å². The van der Waals surface area contributed by atoms with Crippen LogP contribution < -0.4 is 17.2 Å². The number of nitrogens with two attached hydrogens (primary N) is 3. The molecule has 0 unspecified atom stereocenters. The van der Waals surface area contributed by atoms with E-state index in [0.717, 1.165) is 6.42 Å². The highest BCUT2D eigenvalue weighted by Crippen LogP contribution is 2.12. The molecule has 3 heteroatoms. The summed E-state index contributed by atoms with van der Waals surface area (Å²) in [5, 5.41) is 0. The van der Waals surface area contributed by atoms with Crippen molar-refractivity contribution in [1.29, 1.82) is 0 Å². The molecule has 6 N–H and O–H groups in total. The Morgan fingerprint density at radius 2 is 0.714 bits per heavy atom. The molecule has 0 heterocycles. The van der Waals surface area contributed by atoms with Crippen molar-refractivity contribution in [2.24, 2.45) is 17.2 Å². The number of hydrogen-bond donors (Lipinski definition) is 3. The van der Waals surface area contributed by atoms with Crippen molar-refractivity contribution in [2.45, 2.75) is 90.4 Å². The first kappa shape index (κ1) is 29.0. The molecule has 0 aliphatic heterocycles. The number of unbranched alkanes of at least 4 members (excludes halogenated alkanes) is 12. The summed E-state index contributed by atoms with van der Waals surface area (Å²) < 4.78 is 0. The van der Waals surface area contributed by atoms with Crippen LogP contribution in [-0.2, 0) is 0 Å². The fraction of sp³-hybridized carbons (Fsp3) is 0.944. The molecule has 0 amide bonds. The monoisotopic (exact) mass is 304 g/mol. The summed E-state index contributed by atoms with van der Waals surface area (Å²) in [7, 11) is 4.50. The first-order valence-electron chi connectivity index (χ1n) is 8.94. The third-order valence-electron chi connectivity index (χ3n) is 3.10. The zero-order valence-electron chi connectivity index (χ0n) is 15.6. The SMILES string of the molecule is CN.CN.CN.[CH2]CCCCCCCCCCCCCC. The highest BCUT2D eigenvalue weighted by atomic mass is 14.4. The van der Waals surface area contributed by atoms with Gasteiger partial charge in [-0.15, -0.1) is 0 Å². The molecule has 1 radical (unpaired) electrons. The zero-order valence-corrected chi connectivity index (χ0v) is 15.6. The van der Waals surface area contributed by atoms with Crippen molar-refractivity contribution in [3.8, 4) is 0 Å². The summed E-state index contributed by atoms with van der Waals surface area (Å²) in [6.07, 6.45) is 18.3. The maximum absolute atomic E-state index is 4.50. The number of rotatable bonds is 12. The van der Waals surface area contributed by atoms with Crippen molar-refractivity contribution >= 4 is 0 Å². The third kappa shape index (κ3) is 45.0. The maximum Gasteiger partial charge on any atom is -0.0195 e. The molecule has 0 atom stereocenters. The molecule has 133 valence electrons. The average molecular weight is 305 g/mol. The second-order valence-corrected chi connectivity index (χ2v) is 4.74. The van der Waals surface area contributed by atoms with Crippen LogP contribution in [0.15, 0.2) is 0 Å². The lowest BCUT2D eigenvalue weighted by Crippen LogP contribution is -1.82. The van der Waals surface area contributed by atoms with E-state index in [4.69, 9.17) is 0 Å². The minimum Gasteiger partial charge on any atom is -0.333 e. The van der Waals surface area contributed by atoms with Gasteiger partial charge in [-0.3, -0.25) is 0 Å². The Bertz CT molecular complexity index is 96.6. The predicted molar refractivity (Wildman–Crippen MR) is 101 cm³/mol. The smallest absolute Gasteiger partial charge is 0.0195 e. The summed E-state index contributed by atoms with van der Waals surface area (Å²) >= 11 is 0. The Morgan fingerprint density at radius 3 is 0.952 bits per heavy atom. The molecular weight excluding hydrogens is 258 g/mol. The first-order valence-corrected chi connectivity index (χ1v) is 8.94. The zero-order chi connectivity index (χ0) is 17.2. The lowest BCUT2D eigenvalue weighted by atomic mass is 10.1. The average Bonchev–Trinajstić information content (AvgIpc) is 2.58. The van der Waals surface area contributed by atoms with Gasteiger partial charge >= 0.3 is 0 Å². The van der Waals surface area contributed by atoms with Crippen LogP contribution in [-0.4, -0.2) is 21.1 Å². The van der Waals surface area contributed by atoms with E-state index < -0.39 is 0 Å². The molecule has 0 saturated carbocycles. The molecule has 3 nitrogen and oxygen atoms in total. The lowest BCUT2D eigenvalue weighted by Gasteiger charge is -2.01. The molecule has 0 aromatic carbocycles. The molecule has 0 aliphatic rings. The Kier molecular flexibility index (Phi) is 58.9. The molecule has 0 aromatic heterocycles. The largest absolute Gasteiger partial charge is 0.333 e. The van der Waals surface area contributed by atoms with E-state index in [0.29, 0.717) is 0 Å². The fourth-order valence-corrected chi connectivity index (χ4v) is 2.02. The highest BCUT2D eigenvalue weighted by Gasteiger charge is 1.92. The molecule has 0 fully saturated rings. The summed E-state index contributed by atoms with van der Waals surface area (Å²) in [5.74, 6) is 0. The normalized spacial score (nSPS) is 8.57. The van der Waals surface area contributed by atoms with Gasteiger partial charge in [0.15, 0.2) is 0 Å². The Balaban J connectivity index is -0.000000212. The summed E-state index contributed by atoms with van der Waals surface area (Å²) in [6, 6.07) is 0. The van der Waals surface area contributed by atoms with Crippen LogP contribution in [0.2, 0.25) is 0 Å². The van der Waals surface area contributed by atoms with E-state index in [9.17, 15) is 0 Å². The lowest BCUT2D eigenvalue weighted by molar-refractivity contribution is 0.545. The van der Waals surface area contributed by atoms with Crippen LogP contribution >= 0.6 is 0 Å². The van der Waals surface area contributed by atoms with Gasteiger partial charge in [0.25, 0.3) is 0 Å². The molecule has 0 bridgehead atoms. The van der Waals surface area contributed by atoms with E-state index in [2.05, 4.69) is 31.0 Å². The third-order valence-corrected chi connectivity index (χ3v) is 3.10. The molecule has 0 rings (SSSR count). The van der Waals surface area contributed by atoms with Gasteiger partial charge in [0.05, 0.1) is 0 Å². The standard InChI is InChI=1S/C15H31.3CH5N/c1-3-5-7-9-11-13-15-14-12-10-8-6-4-2;3*1-2/h1,3-15H2,2H3;3*2H2,1H3. The van der Waals surface area contributed by atoms with E-state index >= 15 is 0 Å². The molecule has 0 spiro atoms. The van der Waals surface area contributed by atoms with E-state index in [1.807, 2.05) is 0 Å². The second kappa shape index (κ2) is 42.7. The van der Waals surface area contributed by atoms with E-state index in [1.54, 1.807) is 0 Å². The van der Waals surface area contributed by atoms with Crippen LogP contribution in [0.1, 0.15) is 90.4 Å². The minimum absolute atomic E-state index is 1.12. The minimum atomic E-state index is 1.12. The highest BCUT2D eigenvalue weighted by molar-refractivity contribution is 4.49. The quantitative estimate of drug-likeness (QED) is 0.460. The number of hydrogen-bond acceptors (Lipinski definition) is 3. The van der Waals surface area contributed by atoms with Crippen molar-refractivity contribution in [3.63, 3.8) is 0 Å². The van der Waals surface area contributed by atoms with Crippen molar-refractivity contribution in [2.75, 3.05) is 21.1 Å². The molecule has 21 heavy (non-hydrogen) atoms. The van der Waals surface area contributed by atoms with Gasteiger partial charge in [0, 0.05) is 0 Å². The van der Waals surface area contributed by atoms with Gasteiger partial charge in [0.1, 0.15) is 0 Å². The van der Waals surface area contributed by atoms with Gasteiger partial charge in [-0.25, -0.2) is 0 Å². The van der Waals surface area contributed by atoms with Crippen molar-refractivity contribution in [3.05, 3.63) is 6.92 Å². The van der Waals surface area contributed by atoms with Gasteiger partial charge in [-0.05, 0) is 21.1 Å². The molecule has 0 aromatic rings. The topological polar surface area (TPSA) is 78.1 Å². The van der Waals surface area contributed by atoms with Crippen LogP contribution in [0.25, 0.3) is 0 Å². The fourth-order valence-electron chi connectivity index (χ4n) is 2.02. The van der Waals surface area contributed by atoms with Crippen LogP contribution in [0.5, 0.6) is 0 Å². The molecule has 0 aliphatic carbocycles. The maximum atomic E-state index is 4.50. The summed E-state index contributed by atoms with van der Waals surface area (Å²) in [6.45, 7) is 6.15. The van der Waals surface area contributed by atoms with Gasteiger partial charge in [-0.1, -0.05) is 97.3 Å². The van der Waals surface area contributed by atoms with E-state index in [-0.39, 0.29) is 0 Å². The first-order chi connectivity index (χ1) is 10.4. The van der Waals surface area contributed by atoms with Crippen molar-refractivity contribution in [1.82, 2.24) is 0 Å². The Hall–Kier alpha value is -0.120.